The molecular formula is C19H26BrNO4S. The Labute approximate surface area is 168 Å². The van der Waals surface area contributed by atoms with Crippen LogP contribution in [0, 0.1) is 19.8 Å². The van der Waals surface area contributed by atoms with Crippen LogP contribution in [0.2, 0.25) is 0 Å². The van der Waals surface area contributed by atoms with E-state index in [2.05, 4.69) is 15.9 Å². The van der Waals surface area contributed by atoms with Crippen molar-refractivity contribution in [1.82, 2.24) is 0 Å². The number of halogens is 1. The number of aryl methyl sites for hydroxylation is 1. The third-order valence-corrected chi connectivity index (χ3v) is 5.68. The van der Waals surface area contributed by atoms with Crippen molar-refractivity contribution >= 4 is 50.4 Å². The molecule has 0 aliphatic heterocycles. The fourth-order valence-corrected chi connectivity index (χ4v) is 3.79. The topological polar surface area (TPSA) is 63.7 Å². The number of esters is 1. The van der Waals surface area contributed by atoms with E-state index in [-0.39, 0.29) is 22.7 Å². The van der Waals surface area contributed by atoms with Gasteiger partial charge in [-0.1, -0.05) is 47.6 Å². The van der Waals surface area contributed by atoms with Crippen molar-refractivity contribution in [2.45, 2.75) is 47.1 Å². The van der Waals surface area contributed by atoms with Gasteiger partial charge in [-0.3, -0.25) is 14.5 Å². The van der Waals surface area contributed by atoms with Crippen molar-refractivity contribution in [3.8, 4) is 0 Å². The average molecular weight is 444 g/mol. The van der Waals surface area contributed by atoms with E-state index < -0.39 is 12.0 Å². The summed E-state index contributed by atoms with van der Waals surface area (Å²) in [5.41, 5.74) is 2.39. The number of hydrogen-bond donors (Lipinski definition) is 0. The molecule has 1 atom stereocenters. The highest BCUT2D eigenvalue weighted by molar-refractivity contribution is 9.10. The molecule has 5 nitrogen and oxygen atoms in total. The Morgan fingerprint density at radius 2 is 1.81 bits per heavy atom. The largest absolute Gasteiger partial charge is 0.467 e. The summed E-state index contributed by atoms with van der Waals surface area (Å²) >= 11 is 4.47. The Morgan fingerprint density at radius 1 is 1.19 bits per heavy atom. The van der Waals surface area contributed by atoms with Crippen LogP contribution in [-0.4, -0.2) is 35.9 Å². The smallest absolute Gasteiger partial charge is 0.328 e. The van der Waals surface area contributed by atoms with Gasteiger partial charge in [0.1, 0.15) is 6.04 Å². The second-order valence-electron chi connectivity index (χ2n) is 6.56. The molecule has 1 unspecified atom stereocenters. The lowest BCUT2D eigenvalue weighted by Crippen LogP contribution is -2.46. The number of hydrogen-bond acceptors (Lipinski definition) is 5. The van der Waals surface area contributed by atoms with E-state index in [4.69, 9.17) is 4.74 Å². The number of carbonyl (C=O) groups is 3. The molecule has 0 heterocycles. The van der Waals surface area contributed by atoms with Gasteiger partial charge in [-0.25, -0.2) is 4.79 Å². The Balaban J connectivity index is 3.19. The molecule has 1 aromatic rings. The monoisotopic (exact) mass is 443 g/mol. The zero-order valence-corrected chi connectivity index (χ0v) is 18.5. The molecule has 0 radical (unpaired) electrons. The van der Waals surface area contributed by atoms with Crippen LogP contribution >= 0.6 is 27.7 Å². The van der Waals surface area contributed by atoms with E-state index in [0.717, 1.165) is 27.4 Å². The highest BCUT2D eigenvalue weighted by atomic mass is 79.9. The molecule has 1 amide bonds. The maximum Gasteiger partial charge on any atom is 0.328 e. The van der Waals surface area contributed by atoms with Gasteiger partial charge >= 0.3 is 5.97 Å². The van der Waals surface area contributed by atoms with Crippen LogP contribution < -0.4 is 4.90 Å². The Morgan fingerprint density at radius 3 is 2.35 bits per heavy atom. The van der Waals surface area contributed by atoms with Gasteiger partial charge in [0.25, 0.3) is 0 Å². The summed E-state index contributed by atoms with van der Waals surface area (Å²) in [7, 11) is 1.29. The lowest BCUT2D eigenvalue weighted by Gasteiger charge is -2.30. The van der Waals surface area contributed by atoms with Crippen molar-refractivity contribution in [1.29, 1.82) is 0 Å². The maximum absolute atomic E-state index is 12.9. The number of nitrogens with zero attached hydrogens (tertiary/aromatic N) is 1. The fourth-order valence-electron chi connectivity index (χ4n) is 2.60. The van der Waals surface area contributed by atoms with Crippen LogP contribution in [-0.2, 0) is 19.1 Å². The number of anilines is 1. The van der Waals surface area contributed by atoms with Crippen molar-refractivity contribution in [2.24, 2.45) is 5.92 Å². The number of amides is 1. The summed E-state index contributed by atoms with van der Waals surface area (Å²) in [5, 5.41) is -0.0262. The lowest BCUT2D eigenvalue weighted by molar-refractivity contribution is -0.142. The Bertz CT molecular complexity index is 690. The van der Waals surface area contributed by atoms with Crippen LogP contribution in [0.15, 0.2) is 16.6 Å². The SMILES string of the molecule is COC(=O)C(C)N(C(=O)CSC(=O)CC(C)C)c1c(C)ccc(Br)c1C. The van der Waals surface area contributed by atoms with Crippen molar-refractivity contribution in [3.63, 3.8) is 0 Å². The van der Waals surface area contributed by atoms with Crippen LogP contribution in [0.3, 0.4) is 0 Å². The van der Waals surface area contributed by atoms with Gasteiger partial charge in [0.2, 0.25) is 5.91 Å². The minimum absolute atomic E-state index is 0.0156. The first-order valence-corrected chi connectivity index (χ1v) is 10.2. The molecule has 0 aliphatic rings. The second kappa shape index (κ2) is 10.1. The van der Waals surface area contributed by atoms with E-state index in [1.165, 1.54) is 12.0 Å². The predicted molar refractivity (Wildman–Crippen MR) is 110 cm³/mol. The number of thioether (sulfide) groups is 1. The first-order valence-electron chi connectivity index (χ1n) is 8.41. The molecule has 0 aliphatic carbocycles. The van der Waals surface area contributed by atoms with Crippen molar-refractivity contribution in [3.05, 3.63) is 27.7 Å². The highest BCUT2D eigenvalue weighted by Gasteiger charge is 2.31. The van der Waals surface area contributed by atoms with Gasteiger partial charge in [0.05, 0.1) is 18.6 Å². The van der Waals surface area contributed by atoms with Gasteiger partial charge in [0, 0.05) is 10.9 Å². The zero-order valence-electron chi connectivity index (χ0n) is 16.1. The number of methoxy groups -OCH3 is 1. The van der Waals surface area contributed by atoms with E-state index in [1.807, 2.05) is 39.8 Å². The van der Waals surface area contributed by atoms with Crippen LogP contribution in [0.4, 0.5) is 5.69 Å². The molecule has 1 aromatic carbocycles. The molecule has 0 saturated carbocycles. The number of benzene rings is 1. The molecule has 0 N–H and O–H groups in total. The Hall–Kier alpha value is -1.34. The van der Waals surface area contributed by atoms with Crippen LogP contribution in [0.5, 0.6) is 0 Å². The maximum atomic E-state index is 12.9. The lowest BCUT2D eigenvalue weighted by atomic mass is 10.1. The Kier molecular flexibility index (Phi) is 8.83. The molecule has 0 bridgehead atoms. The molecular weight excluding hydrogens is 418 g/mol. The van der Waals surface area contributed by atoms with E-state index >= 15 is 0 Å². The first kappa shape index (κ1) is 22.7. The summed E-state index contributed by atoms with van der Waals surface area (Å²) in [4.78, 5) is 38.5. The molecule has 0 spiro atoms. The number of rotatable bonds is 7. The van der Waals surface area contributed by atoms with E-state index in [0.29, 0.717) is 12.1 Å². The number of carbonyl (C=O) groups excluding carboxylic acids is 3. The van der Waals surface area contributed by atoms with Crippen LogP contribution in [0.1, 0.15) is 38.3 Å². The molecule has 1 rings (SSSR count). The molecule has 0 aromatic heterocycles. The summed E-state index contributed by atoms with van der Waals surface area (Å²) in [6, 6.07) is 2.99. The molecule has 26 heavy (non-hydrogen) atoms. The van der Waals surface area contributed by atoms with Gasteiger partial charge in [-0.2, -0.15) is 0 Å². The zero-order chi connectivity index (χ0) is 20.0. The van der Waals surface area contributed by atoms with Crippen molar-refractivity contribution in [2.75, 3.05) is 17.8 Å². The quantitative estimate of drug-likeness (QED) is 0.588. The summed E-state index contributed by atoms with van der Waals surface area (Å²) in [6.45, 7) is 9.31. The third kappa shape index (κ3) is 5.84. The molecule has 0 saturated heterocycles. The molecule has 0 fully saturated rings. The van der Waals surface area contributed by atoms with Gasteiger partial charge in [-0.15, -0.1) is 0 Å². The minimum atomic E-state index is -0.792. The van der Waals surface area contributed by atoms with Gasteiger partial charge in [-0.05, 0) is 43.9 Å². The normalized spacial score (nSPS) is 12.0. The second-order valence-corrected chi connectivity index (χ2v) is 8.45. The predicted octanol–water partition coefficient (Wildman–Crippen LogP) is 4.27. The first-order chi connectivity index (χ1) is 12.1. The third-order valence-electron chi connectivity index (χ3n) is 3.94. The minimum Gasteiger partial charge on any atom is -0.467 e. The number of ether oxygens (including phenoxy) is 1. The van der Waals surface area contributed by atoms with Crippen LogP contribution in [0.25, 0.3) is 0 Å². The average Bonchev–Trinajstić information content (AvgIpc) is 2.58. The summed E-state index contributed by atoms with van der Waals surface area (Å²) in [5.74, 6) is -0.576. The van der Waals surface area contributed by atoms with Gasteiger partial charge in [0.15, 0.2) is 5.12 Å². The standard InChI is InChI=1S/C19H26BrNO4S/c1-11(2)9-17(23)26-10-16(22)21(14(5)19(24)25-6)18-12(3)7-8-15(20)13(18)4/h7-8,11,14H,9-10H2,1-6H3. The molecule has 7 heteroatoms. The van der Waals surface area contributed by atoms with E-state index in [1.54, 1.807) is 6.92 Å². The van der Waals surface area contributed by atoms with Gasteiger partial charge < -0.3 is 4.74 Å². The van der Waals surface area contributed by atoms with Crippen molar-refractivity contribution < 1.29 is 19.1 Å². The molecule has 144 valence electrons. The summed E-state index contributed by atoms with van der Waals surface area (Å²) < 4.78 is 5.68. The van der Waals surface area contributed by atoms with E-state index in [9.17, 15) is 14.4 Å². The summed E-state index contributed by atoms with van der Waals surface area (Å²) in [6.07, 6.45) is 0.416. The fraction of sp³-hybridized carbons (Fsp3) is 0.526. The highest BCUT2D eigenvalue weighted by Crippen LogP contribution is 2.32.